The minimum Gasteiger partial charge on any atom is -0.463 e. The first-order chi connectivity index (χ1) is 6.74. The molecule has 0 N–H and O–H groups in total. The number of ether oxygens (including phenoxy) is 2. The fourth-order valence-corrected chi connectivity index (χ4v) is 2.97. The average Bonchev–Trinajstić information content (AvgIpc) is 2.09. The first kappa shape index (κ1) is 12.0. The van der Waals surface area contributed by atoms with Crippen molar-refractivity contribution < 1.29 is 19.1 Å². The van der Waals surface area contributed by atoms with Gasteiger partial charge in [-0.25, -0.2) is 0 Å². The Morgan fingerprint density at radius 1 is 1.13 bits per heavy atom. The molecule has 1 rings (SSSR count). The largest absolute Gasteiger partial charge is 0.463 e. The van der Waals surface area contributed by atoms with Gasteiger partial charge in [-0.15, -0.1) is 0 Å². The van der Waals surface area contributed by atoms with E-state index in [2.05, 4.69) is 0 Å². The summed E-state index contributed by atoms with van der Waals surface area (Å²) < 4.78 is 10.3. The van der Waals surface area contributed by atoms with Gasteiger partial charge < -0.3 is 9.47 Å². The van der Waals surface area contributed by atoms with Crippen molar-refractivity contribution in [1.29, 1.82) is 0 Å². The van der Waals surface area contributed by atoms with E-state index in [9.17, 15) is 9.59 Å². The molecule has 0 spiro atoms. The van der Waals surface area contributed by atoms with E-state index < -0.39 is 0 Å². The predicted molar refractivity (Wildman–Crippen MR) is 54.1 cm³/mol. The molecule has 1 aliphatic carbocycles. The first-order valence-electron chi connectivity index (χ1n) is 5.01. The maximum atomic E-state index is 11.0. The third kappa shape index (κ3) is 1.73. The SMILES string of the molecule is CC(=O)OC1C(C)(C)C(OC=O)C1(C)C. The normalized spacial score (nSPS) is 31.3. The number of carbonyl (C=O) groups excluding carboxylic acids is 2. The molecule has 0 saturated heterocycles. The zero-order valence-corrected chi connectivity index (χ0v) is 9.87. The second-order valence-electron chi connectivity index (χ2n) is 5.24. The Morgan fingerprint density at radius 2 is 1.60 bits per heavy atom. The molecule has 0 aromatic carbocycles. The summed E-state index contributed by atoms with van der Waals surface area (Å²) in [6, 6.07) is 0. The average molecular weight is 214 g/mol. The van der Waals surface area contributed by atoms with Crippen molar-refractivity contribution in [3.05, 3.63) is 0 Å². The summed E-state index contributed by atoms with van der Waals surface area (Å²) in [5.41, 5.74) is -0.647. The molecule has 4 nitrogen and oxygen atoms in total. The number of rotatable bonds is 3. The number of hydrogen-bond donors (Lipinski definition) is 0. The molecule has 0 aliphatic heterocycles. The molecule has 15 heavy (non-hydrogen) atoms. The quantitative estimate of drug-likeness (QED) is 0.528. The number of carbonyl (C=O) groups is 2. The smallest absolute Gasteiger partial charge is 0.302 e. The van der Waals surface area contributed by atoms with E-state index in [4.69, 9.17) is 9.47 Å². The monoisotopic (exact) mass is 214 g/mol. The lowest BCUT2D eigenvalue weighted by atomic mass is 9.51. The number of hydrogen-bond acceptors (Lipinski definition) is 4. The van der Waals surface area contributed by atoms with Crippen LogP contribution in [-0.4, -0.2) is 24.6 Å². The zero-order chi connectivity index (χ0) is 11.9. The van der Waals surface area contributed by atoms with Crippen LogP contribution in [0.1, 0.15) is 34.6 Å². The summed E-state index contributed by atoms with van der Waals surface area (Å²) in [4.78, 5) is 21.3. The van der Waals surface area contributed by atoms with Gasteiger partial charge in [-0.3, -0.25) is 9.59 Å². The summed E-state index contributed by atoms with van der Waals surface area (Å²) >= 11 is 0. The first-order valence-corrected chi connectivity index (χ1v) is 5.01. The highest BCUT2D eigenvalue weighted by atomic mass is 16.6. The Bertz CT molecular complexity index is 264. The van der Waals surface area contributed by atoms with Gasteiger partial charge >= 0.3 is 5.97 Å². The van der Waals surface area contributed by atoms with Crippen LogP contribution in [0.15, 0.2) is 0 Å². The second-order valence-corrected chi connectivity index (χ2v) is 5.24. The lowest BCUT2D eigenvalue weighted by Crippen LogP contribution is -2.69. The fourth-order valence-electron chi connectivity index (χ4n) is 2.97. The Labute approximate surface area is 89.9 Å². The lowest BCUT2D eigenvalue weighted by molar-refractivity contribution is -0.262. The van der Waals surface area contributed by atoms with Gasteiger partial charge in [0.1, 0.15) is 12.2 Å². The minimum absolute atomic E-state index is 0.215. The summed E-state index contributed by atoms with van der Waals surface area (Å²) in [5, 5.41) is 0. The Hall–Kier alpha value is -1.06. The van der Waals surface area contributed by atoms with Crippen molar-refractivity contribution in [2.24, 2.45) is 10.8 Å². The van der Waals surface area contributed by atoms with E-state index in [1.165, 1.54) is 6.92 Å². The molecule has 0 bridgehead atoms. The molecular weight excluding hydrogens is 196 g/mol. The molecule has 0 aromatic rings. The van der Waals surface area contributed by atoms with Crippen molar-refractivity contribution in [3.63, 3.8) is 0 Å². The Kier molecular flexibility index (Phi) is 2.81. The van der Waals surface area contributed by atoms with Gasteiger partial charge in [0.25, 0.3) is 6.47 Å². The van der Waals surface area contributed by atoms with Crippen LogP contribution >= 0.6 is 0 Å². The van der Waals surface area contributed by atoms with E-state index in [1.807, 2.05) is 27.7 Å². The van der Waals surface area contributed by atoms with Crippen LogP contribution in [0.25, 0.3) is 0 Å². The fraction of sp³-hybridized carbons (Fsp3) is 0.818. The molecule has 0 unspecified atom stereocenters. The molecule has 0 amide bonds. The predicted octanol–water partition coefficient (Wildman–Crippen LogP) is 1.53. The topological polar surface area (TPSA) is 52.6 Å². The Morgan fingerprint density at radius 3 is 1.93 bits per heavy atom. The molecule has 86 valence electrons. The van der Waals surface area contributed by atoms with Gasteiger partial charge in [-0.1, -0.05) is 27.7 Å². The third-order valence-electron chi connectivity index (χ3n) is 3.18. The van der Waals surface area contributed by atoms with Crippen LogP contribution < -0.4 is 0 Å². The summed E-state index contributed by atoms with van der Waals surface area (Å²) in [7, 11) is 0. The van der Waals surface area contributed by atoms with E-state index in [-0.39, 0.29) is 29.0 Å². The highest BCUT2D eigenvalue weighted by Gasteiger charge is 2.65. The summed E-state index contributed by atoms with van der Waals surface area (Å²) in [5.74, 6) is -0.300. The third-order valence-corrected chi connectivity index (χ3v) is 3.18. The molecule has 0 heterocycles. The maximum absolute atomic E-state index is 11.0. The van der Waals surface area contributed by atoms with Crippen LogP contribution in [0.5, 0.6) is 0 Å². The molecule has 1 fully saturated rings. The summed E-state index contributed by atoms with van der Waals surface area (Å²) in [6.07, 6.45) is -0.431. The molecule has 0 atom stereocenters. The van der Waals surface area contributed by atoms with Crippen molar-refractivity contribution >= 4 is 12.4 Å². The minimum atomic E-state index is -0.323. The molecule has 1 saturated carbocycles. The molecule has 4 heteroatoms. The van der Waals surface area contributed by atoms with Crippen molar-refractivity contribution in [2.75, 3.05) is 0 Å². The van der Waals surface area contributed by atoms with Crippen molar-refractivity contribution in [3.8, 4) is 0 Å². The van der Waals surface area contributed by atoms with Gasteiger partial charge in [-0.05, 0) is 0 Å². The van der Waals surface area contributed by atoms with E-state index >= 15 is 0 Å². The van der Waals surface area contributed by atoms with Crippen LogP contribution in [0.2, 0.25) is 0 Å². The lowest BCUT2D eigenvalue weighted by Gasteiger charge is -2.60. The van der Waals surface area contributed by atoms with Crippen LogP contribution in [-0.2, 0) is 19.1 Å². The molecule has 0 aromatic heterocycles. The summed E-state index contributed by atoms with van der Waals surface area (Å²) in [6.45, 7) is 9.57. The molecule has 1 aliphatic rings. The van der Waals surface area contributed by atoms with Crippen LogP contribution in [0, 0.1) is 10.8 Å². The standard InChI is InChI=1S/C11H18O4/c1-7(13)15-9-10(2,3)8(14-6-12)11(9,4)5/h6,8-9H,1-5H3. The van der Waals surface area contributed by atoms with E-state index in [0.29, 0.717) is 6.47 Å². The van der Waals surface area contributed by atoms with Crippen LogP contribution in [0.3, 0.4) is 0 Å². The van der Waals surface area contributed by atoms with Crippen molar-refractivity contribution in [1.82, 2.24) is 0 Å². The van der Waals surface area contributed by atoms with E-state index in [0.717, 1.165) is 0 Å². The van der Waals surface area contributed by atoms with Gasteiger partial charge in [0.15, 0.2) is 0 Å². The second kappa shape index (κ2) is 3.51. The van der Waals surface area contributed by atoms with Gasteiger partial charge in [0, 0.05) is 17.8 Å². The van der Waals surface area contributed by atoms with Crippen molar-refractivity contribution in [2.45, 2.75) is 46.8 Å². The highest BCUT2D eigenvalue weighted by molar-refractivity contribution is 5.66. The maximum Gasteiger partial charge on any atom is 0.302 e. The number of esters is 1. The van der Waals surface area contributed by atoms with E-state index in [1.54, 1.807) is 0 Å². The van der Waals surface area contributed by atoms with Gasteiger partial charge in [0.2, 0.25) is 0 Å². The van der Waals surface area contributed by atoms with Gasteiger partial charge in [-0.2, -0.15) is 0 Å². The Balaban J connectivity index is 2.83. The van der Waals surface area contributed by atoms with Gasteiger partial charge in [0.05, 0.1) is 0 Å². The zero-order valence-electron chi connectivity index (χ0n) is 9.87. The highest BCUT2D eigenvalue weighted by Crippen LogP contribution is 2.56. The molecular formula is C11H18O4. The van der Waals surface area contributed by atoms with Crippen LogP contribution in [0.4, 0.5) is 0 Å². The molecule has 0 radical (unpaired) electrons.